The zero-order chi connectivity index (χ0) is 20.3. The standard InChI is InChI=1S/C24H34N2O3/c1-29-17-16-26-23(28)20-13-7-6-12-19(20)21(24(26)14-8-3-9-15-24)22(27)25-18-10-4-2-5-11-18/h6-7,12-13,18,21H,2-5,8-11,14-17H2,1H3,(H,25,27)/t21-/m1/s1. The van der Waals surface area contributed by atoms with Crippen LogP contribution in [0, 0.1) is 0 Å². The molecule has 3 aliphatic rings. The van der Waals surface area contributed by atoms with Crippen LogP contribution in [0.5, 0.6) is 0 Å². The zero-order valence-corrected chi connectivity index (χ0v) is 17.6. The van der Waals surface area contributed by atoms with Crippen molar-refractivity contribution in [1.29, 1.82) is 0 Å². The van der Waals surface area contributed by atoms with Crippen LogP contribution in [-0.2, 0) is 9.53 Å². The van der Waals surface area contributed by atoms with Crippen molar-refractivity contribution in [1.82, 2.24) is 10.2 Å². The highest BCUT2D eigenvalue weighted by Crippen LogP contribution is 2.49. The molecule has 0 bridgehead atoms. The molecule has 0 unspecified atom stereocenters. The van der Waals surface area contributed by atoms with Crippen molar-refractivity contribution in [2.24, 2.45) is 0 Å². The second-order valence-electron chi connectivity index (χ2n) is 8.98. The van der Waals surface area contributed by atoms with Crippen molar-refractivity contribution >= 4 is 11.8 Å². The van der Waals surface area contributed by atoms with Gasteiger partial charge >= 0.3 is 0 Å². The molecular weight excluding hydrogens is 364 g/mol. The number of benzene rings is 1. The zero-order valence-electron chi connectivity index (χ0n) is 17.6. The molecule has 1 atom stereocenters. The largest absolute Gasteiger partial charge is 0.383 e. The Morgan fingerprint density at radius 3 is 2.52 bits per heavy atom. The molecule has 1 aromatic carbocycles. The maximum Gasteiger partial charge on any atom is 0.254 e. The first-order valence-corrected chi connectivity index (χ1v) is 11.4. The molecule has 1 heterocycles. The molecule has 0 aromatic heterocycles. The van der Waals surface area contributed by atoms with Gasteiger partial charge in [0.15, 0.2) is 0 Å². The van der Waals surface area contributed by atoms with Crippen molar-refractivity contribution in [3.63, 3.8) is 0 Å². The summed E-state index contributed by atoms with van der Waals surface area (Å²) in [6, 6.07) is 8.03. The number of hydrogen-bond acceptors (Lipinski definition) is 3. The summed E-state index contributed by atoms with van der Waals surface area (Å²) < 4.78 is 5.34. The lowest BCUT2D eigenvalue weighted by Gasteiger charge is -2.54. The molecule has 2 fully saturated rings. The minimum absolute atomic E-state index is 0.0567. The predicted molar refractivity (Wildman–Crippen MR) is 113 cm³/mol. The Morgan fingerprint density at radius 2 is 1.79 bits per heavy atom. The summed E-state index contributed by atoms with van der Waals surface area (Å²) in [5, 5.41) is 3.38. The smallest absolute Gasteiger partial charge is 0.254 e. The van der Waals surface area contributed by atoms with E-state index < -0.39 is 5.54 Å². The number of hydrogen-bond donors (Lipinski definition) is 1. The number of nitrogens with zero attached hydrogens (tertiary/aromatic N) is 1. The Hall–Kier alpha value is -1.88. The van der Waals surface area contributed by atoms with Crippen LogP contribution in [0.15, 0.2) is 24.3 Å². The molecule has 1 spiro atoms. The maximum atomic E-state index is 13.7. The minimum atomic E-state index is -0.430. The predicted octanol–water partition coefficient (Wildman–Crippen LogP) is 4.02. The number of carbonyl (C=O) groups excluding carboxylic acids is 2. The van der Waals surface area contributed by atoms with Gasteiger partial charge in [0.2, 0.25) is 5.91 Å². The normalized spacial score (nSPS) is 24.4. The molecule has 5 nitrogen and oxygen atoms in total. The first kappa shape index (κ1) is 20.4. The van der Waals surface area contributed by atoms with E-state index in [1.54, 1.807) is 7.11 Å². The molecule has 1 aromatic rings. The van der Waals surface area contributed by atoms with Crippen molar-refractivity contribution < 1.29 is 14.3 Å². The lowest BCUT2D eigenvalue weighted by molar-refractivity contribution is -0.128. The average molecular weight is 399 g/mol. The third kappa shape index (κ3) is 3.81. The van der Waals surface area contributed by atoms with Gasteiger partial charge in [0.25, 0.3) is 5.91 Å². The topological polar surface area (TPSA) is 58.6 Å². The van der Waals surface area contributed by atoms with Gasteiger partial charge in [0, 0.05) is 25.3 Å². The summed E-state index contributed by atoms with van der Waals surface area (Å²) in [5.74, 6) is -0.127. The first-order valence-electron chi connectivity index (χ1n) is 11.4. The van der Waals surface area contributed by atoms with E-state index in [-0.39, 0.29) is 23.8 Å². The molecule has 158 valence electrons. The van der Waals surface area contributed by atoms with E-state index in [0.717, 1.165) is 44.1 Å². The van der Waals surface area contributed by atoms with Crippen LogP contribution in [0.2, 0.25) is 0 Å². The summed E-state index contributed by atoms with van der Waals surface area (Å²) in [7, 11) is 1.67. The monoisotopic (exact) mass is 398 g/mol. The molecule has 2 aliphatic carbocycles. The molecule has 2 amide bonds. The highest BCUT2D eigenvalue weighted by molar-refractivity contribution is 6.02. The van der Waals surface area contributed by atoms with E-state index in [2.05, 4.69) is 5.32 Å². The van der Waals surface area contributed by atoms with Crippen molar-refractivity contribution in [2.45, 2.75) is 81.7 Å². The van der Waals surface area contributed by atoms with Gasteiger partial charge in [-0.1, -0.05) is 56.7 Å². The first-order chi connectivity index (χ1) is 14.2. The SMILES string of the molecule is COCCN1C(=O)c2ccccc2[C@H](C(=O)NC2CCCCC2)C12CCCCC2. The van der Waals surface area contributed by atoms with Crippen LogP contribution in [0.25, 0.3) is 0 Å². The second-order valence-corrected chi connectivity index (χ2v) is 8.98. The second kappa shape index (κ2) is 8.86. The van der Waals surface area contributed by atoms with E-state index in [9.17, 15) is 9.59 Å². The number of methoxy groups -OCH3 is 1. The van der Waals surface area contributed by atoms with Gasteiger partial charge in [-0.3, -0.25) is 9.59 Å². The summed E-state index contributed by atoms with van der Waals surface area (Å²) in [4.78, 5) is 29.2. The van der Waals surface area contributed by atoms with Gasteiger partial charge in [-0.2, -0.15) is 0 Å². The summed E-state index contributed by atoms with van der Waals surface area (Å²) in [5.41, 5.74) is 1.17. The molecule has 4 rings (SSSR count). The van der Waals surface area contributed by atoms with Gasteiger partial charge in [-0.15, -0.1) is 0 Å². The number of fused-ring (bicyclic) bond motifs is 1. The van der Waals surface area contributed by atoms with Crippen LogP contribution < -0.4 is 5.32 Å². The Balaban J connectivity index is 1.74. The van der Waals surface area contributed by atoms with Crippen LogP contribution in [0.4, 0.5) is 0 Å². The molecule has 0 radical (unpaired) electrons. The minimum Gasteiger partial charge on any atom is -0.383 e. The molecule has 2 saturated carbocycles. The molecule has 1 N–H and O–H groups in total. The van der Waals surface area contributed by atoms with Crippen LogP contribution >= 0.6 is 0 Å². The van der Waals surface area contributed by atoms with E-state index in [1.807, 2.05) is 29.2 Å². The average Bonchev–Trinajstić information content (AvgIpc) is 2.75. The van der Waals surface area contributed by atoms with Gasteiger partial charge < -0.3 is 15.0 Å². The molecular formula is C24H34N2O3. The Bertz CT molecular complexity index is 735. The highest BCUT2D eigenvalue weighted by atomic mass is 16.5. The fourth-order valence-electron chi connectivity index (χ4n) is 5.88. The number of carbonyl (C=O) groups is 2. The van der Waals surface area contributed by atoms with Gasteiger partial charge in [-0.05, 0) is 37.3 Å². The lowest BCUT2D eigenvalue weighted by atomic mass is 9.65. The number of ether oxygens (including phenoxy) is 1. The fourth-order valence-corrected chi connectivity index (χ4v) is 5.88. The van der Waals surface area contributed by atoms with E-state index in [0.29, 0.717) is 18.7 Å². The molecule has 1 aliphatic heterocycles. The Kier molecular flexibility index (Phi) is 6.23. The third-order valence-corrected chi connectivity index (χ3v) is 7.27. The van der Waals surface area contributed by atoms with E-state index >= 15 is 0 Å². The maximum absolute atomic E-state index is 13.7. The van der Waals surface area contributed by atoms with E-state index in [1.165, 1.54) is 25.7 Å². The summed E-state index contributed by atoms with van der Waals surface area (Å²) in [6.45, 7) is 1.03. The van der Waals surface area contributed by atoms with Crippen molar-refractivity contribution in [3.8, 4) is 0 Å². The van der Waals surface area contributed by atoms with Crippen molar-refractivity contribution in [3.05, 3.63) is 35.4 Å². The number of nitrogens with one attached hydrogen (secondary N) is 1. The van der Waals surface area contributed by atoms with Gasteiger partial charge in [0.05, 0.1) is 18.1 Å². The quantitative estimate of drug-likeness (QED) is 0.815. The number of rotatable bonds is 5. The lowest BCUT2D eigenvalue weighted by Crippen LogP contribution is -2.63. The summed E-state index contributed by atoms with van der Waals surface area (Å²) in [6.07, 6.45) is 10.9. The molecule has 5 heteroatoms. The third-order valence-electron chi connectivity index (χ3n) is 7.27. The van der Waals surface area contributed by atoms with Gasteiger partial charge in [-0.25, -0.2) is 0 Å². The van der Waals surface area contributed by atoms with Crippen molar-refractivity contribution in [2.75, 3.05) is 20.3 Å². The Morgan fingerprint density at radius 1 is 1.10 bits per heavy atom. The van der Waals surface area contributed by atoms with Crippen LogP contribution in [0.3, 0.4) is 0 Å². The fraction of sp³-hybridized carbons (Fsp3) is 0.667. The molecule has 0 saturated heterocycles. The van der Waals surface area contributed by atoms with Gasteiger partial charge in [0.1, 0.15) is 0 Å². The number of amides is 2. The Labute approximate surface area is 174 Å². The van der Waals surface area contributed by atoms with E-state index in [4.69, 9.17) is 4.74 Å². The van der Waals surface area contributed by atoms with Crippen LogP contribution in [0.1, 0.15) is 86.0 Å². The summed E-state index contributed by atoms with van der Waals surface area (Å²) >= 11 is 0. The highest BCUT2D eigenvalue weighted by Gasteiger charge is 2.54. The molecule has 29 heavy (non-hydrogen) atoms. The van der Waals surface area contributed by atoms with Crippen LogP contribution in [-0.4, -0.2) is 48.6 Å².